The fourth-order valence-electron chi connectivity index (χ4n) is 7.18. The van der Waals surface area contributed by atoms with Crippen molar-refractivity contribution in [3.05, 3.63) is 29.8 Å². The van der Waals surface area contributed by atoms with E-state index in [0.717, 1.165) is 19.3 Å². The molecule has 0 aromatic heterocycles. The van der Waals surface area contributed by atoms with E-state index < -0.39 is 36.0 Å². The summed E-state index contributed by atoms with van der Waals surface area (Å²) >= 11 is 0. The fourth-order valence-corrected chi connectivity index (χ4v) is 7.18. The first-order valence-electron chi connectivity index (χ1n) is 12.3. The minimum Gasteiger partial charge on any atom is -0.454 e. The molecule has 1 aromatic rings. The van der Waals surface area contributed by atoms with Gasteiger partial charge in [-0.05, 0) is 75.3 Å². The number of nitrogens with one attached hydrogen (secondary N) is 1. The summed E-state index contributed by atoms with van der Waals surface area (Å²) in [6.45, 7) is 1.06. The van der Waals surface area contributed by atoms with Gasteiger partial charge < -0.3 is 20.1 Å². The number of hydrogen-bond donors (Lipinski definition) is 2. The van der Waals surface area contributed by atoms with Gasteiger partial charge in [-0.2, -0.15) is 0 Å². The van der Waals surface area contributed by atoms with Crippen molar-refractivity contribution in [1.29, 1.82) is 0 Å². The molecule has 4 bridgehead atoms. The zero-order valence-corrected chi connectivity index (χ0v) is 19.5. The predicted molar refractivity (Wildman–Crippen MR) is 123 cm³/mol. The zero-order chi connectivity index (χ0) is 24.0. The average Bonchev–Trinajstić information content (AvgIpc) is 3.17. The molecular weight excluding hydrogens is 436 g/mol. The topological polar surface area (TPSA) is 113 Å². The van der Waals surface area contributed by atoms with E-state index in [-0.39, 0.29) is 24.7 Å². The molecule has 4 saturated carbocycles. The highest BCUT2D eigenvalue weighted by atomic mass is 16.5. The van der Waals surface area contributed by atoms with Crippen LogP contribution in [-0.2, 0) is 19.1 Å². The van der Waals surface area contributed by atoms with Crippen molar-refractivity contribution >= 4 is 29.3 Å². The number of β-amino-alcohol motifs (C(OH)–C–C–N with tert-alkyl or cyclic N) is 1. The first kappa shape index (κ1) is 23.0. The van der Waals surface area contributed by atoms with Gasteiger partial charge in [-0.25, -0.2) is 4.79 Å². The lowest BCUT2D eigenvalue weighted by Crippen LogP contribution is -2.56. The van der Waals surface area contributed by atoms with Gasteiger partial charge in [0.25, 0.3) is 5.91 Å². The quantitative estimate of drug-likeness (QED) is 0.490. The van der Waals surface area contributed by atoms with Gasteiger partial charge in [0.15, 0.2) is 12.4 Å². The summed E-state index contributed by atoms with van der Waals surface area (Å²) in [4.78, 5) is 52.0. The van der Waals surface area contributed by atoms with Crippen LogP contribution in [0.2, 0.25) is 0 Å². The number of carbonyl (C=O) groups is 4. The molecule has 1 aromatic carbocycles. The number of carbonyl (C=O) groups excluding carboxylic acids is 4. The smallest absolute Gasteiger partial charge is 0.329 e. The van der Waals surface area contributed by atoms with Crippen LogP contribution in [-0.4, -0.2) is 58.9 Å². The molecule has 2 N–H and O–H groups in total. The van der Waals surface area contributed by atoms with E-state index in [2.05, 4.69) is 5.32 Å². The van der Waals surface area contributed by atoms with E-state index in [9.17, 15) is 24.3 Å². The Morgan fingerprint density at radius 2 is 1.71 bits per heavy atom. The molecule has 4 aliphatic carbocycles. The molecule has 2 amide bonds. The second kappa shape index (κ2) is 8.80. The Bertz CT molecular complexity index is 985. The van der Waals surface area contributed by atoms with E-state index >= 15 is 0 Å². The van der Waals surface area contributed by atoms with Gasteiger partial charge in [0.05, 0.1) is 11.5 Å². The number of aliphatic hydroxyl groups is 1. The van der Waals surface area contributed by atoms with Gasteiger partial charge in [-0.1, -0.05) is 12.1 Å². The highest BCUT2D eigenvalue weighted by molar-refractivity contribution is 5.98. The minimum atomic E-state index is -0.871. The van der Waals surface area contributed by atoms with Gasteiger partial charge in [0, 0.05) is 24.2 Å². The van der Waals surface area contributed by atoms with Gasteiger partial charge in [0.2, 0.25) is 5.91 Å². The number of ether oxygens (including phenoxy) is 1. The molecule has 6 rings (SSSR count). The number of benzene rings is 1. The summed E-state index contributed by atoms with van der Waals surface area (Å²) in [6.07, 6.45) is 5.63. The van der Waals surface area contributed by atoms with Crippen LogP contribution in [0.3, 0.4) is 0 Å². The van der Waals surface area contributed by atoms with Crippen LogP contribution < -0.4 is 5.32 Å². The van der Waals surface area contributed by atoms with Crippen molar-refractivity contribution in [3.63, 3.8) is 0 Å². The van der Waals surface area contributed by atoms with Gasteiger partial charge in [0.1, 0.15) is 6.04 Å². The van der Waals surface area contributed by atoms with Crippen LogP contribution in [0.1, 0.15) is 62.2 Å². The predicted octanol–water partition coefficient (Wildman–Crippen LogP) is 2.55. The molecule has 0 radical (unpaired) electrons. The summed E-state index contributed by atoms with van der Waals surface area (Å²) in [5.74, 6) is 0.450. The summed E-state index contributed by atoms with van der Waals surface area (Å²) in [5, 5.41) is 12.9. The number of anilines is 1. The Balaban J connectivity index is 1.21. The van der Waals surface area contributed by atoms with Crippen molar-refractivity contribution in [1.82, 2.24) is 4.90 Å². The van der Waals surface area contributed by atoms with Crippen molar-refractivity contribution in [3.8, 4) is 0 Å². The van der Waals surface area contributed by atoms with Crippen molar-refractivity contribution in [2.75, 3.05) is 18.5 Å². The molecule has 34 heavy (non-hydrogen) atoms. The third kappa shape index (κ3) is 4.35. The molecule has 182 valence electrons. The average molecular weight is 469 g/mol. The maximum Gasteiger partial charge on any atom is 0.329 e. The number of amides is 2. The number of likely N-dealkylation sites (tertiary alicyclic amines) is 1. The highest BCUT2D eigenvalue weighted by Gasteiger charge is 2.57. The first-order valence-corrected chi connectivity index (χ1v) is 12.3. The molecule has 1 saturated heterocycles. The number of esters is 1. The maximum absolute atomic E-state index is 13.7. The number of ketones is 1. The summed E-state index contributed by atoms with van der Waals surface area (Å²) < 4.78 is 5.26. The number of Topliss-reactive ketones (excluding diaryl/α,β-unsaturated/α-hetero) is 1. The molecule has 1 aliphatic heterocycles. The van der Waals surface area contributed by atoms with Gasteiger partial charge in [-0.15, -0.1) is 0 Å². The van der Waals surface area contributed by atoms with Crippen molar-refractivity contribution in [2.24, 2.45) is 23.2 Å². The third-order valence-corrected chi connectivity index (χ3v) is 8.20. The van der Waals surface area contributed by atoms with Crippen LogP contribution in [0, 0.1) is 23.2 Å². The second-order valence-corrected chi connectivity index (χ2v) is 10.9. The normalized spacial score (nSPS) is 33.6. The highest BCUT2D eigenvalue weighted by Crippen LogP contribution is 2.60. The second-order valence-electron chi connectivity index (χ2n) is 10.9. The molecule has 1 heterocycles. The van der Waals surface area contributed by atoms with Crippen LogP contribution in [0.15, 0.2) is 24.3 Å². The Morgan fingerprint density at radius 3 is 2.32 bits per heavy atom. The Labute approximate surface area is 199 Å². The molecule has 8 heteroatoms. The monoisotopic (exact) mass is 468 g/mol. The summed E-state index contributed by atoms with van der Waals surface area (Å²) in [7, 11) is 0. The van der Waals surface area contributed by atoms with E-state index in [1.54, 1.807) is 24.3 Å². The molecule has 0 spiro atoms. The Kier molecular flexibility index (Phi) is 5.96. The van der Waals surface area contributed by atoms with Crippen LogP contribution in [0.4, 0.5) is 5.69 Å². The number of nitrogens with zero attached hydrogens (tertiary/aromatic N) is 1. The molecular formula is C26H32N2O6. The van der Waals surface area contributed by atoms with Gasteiger partial charge >= 0.3 is 5.97 Å². The molecule has 1 unspecified atom stereocenters. The standard InChI is InChI=1S/C26H32N2O6/c1-15(29)19-3-2-4-20(8-19)27-23(31)14-34-24(32)22-9-21(30)13-28(22)25(33)26-10-16-5-17(11-26)7-18(6-16)12-26/h2-4,8,16-18,21-22,30H,5-7,9-14H2,1H3,(H,27,31)/t16?,17?,18?,21?,22-,26?/m0/s1. The SMILES string of the molecule is CC(=O)c1cccc(NC(=O)COC(=O)[C@@H]2CC(O)CN2C(=O)C23CC4CC(CC(C4)C2)C3)c1. The van der Waals surface area contributed by atoms with E-state index in [1.165, 1.54) is 31.1 Å². The fraction of sp³-hybridized carbons (Fsp3) is 0.615. The molecule has 5 aliphatic rings. The lowest BCUT2D eigenvalue weighted by Gasteiger charge is -2.56. The number of rotatable bonds is 6. The molecule has 5 fully saturated rings. The van der Waals surface area contributed by atoms with Crippen LogP contribution in [0.5, 0.6) is 0 Å². The molecule has 2 atom stereocenters. The largest absolute Gasteiger partial charge is 0.454 e. The first-order chi connectivity index (χ1) is 16.2. The minimum absolute atomic E-state index is 0.0180. The molecule has 8 nitrogen and oxygen atoms in total. The van der Waals surface area contributed by atoms with E-state index in [4.69, 9.17) is 4.74 Å². The lowest BCUT2D eigenvalue weighted by atomic mass is 9.49. The van der Waals surface area contributed by atoms with Crippen molar-refractivity contribution < 1.29 is 29.0 Å². The Hall–Kier alpha value is -2.74. The van der Waals surface area contributed by atoms with Crippen LogP contribution in [0.25, 0.3) is 0 Å². The van der Waals surface area contributed by atoms with E-state index in [1.807, 2.05) is 0 Å². The van der Waals surface area contributed by atoms with Gasteiger partial charge in [-0.3, -0.25) is 14.4 Å². The number of aliphatic hydroxyl groups excluding tert-OH is 1. The zero-order valence-electron chi connectivity index (χ0n) is 19.5. The van der Waals surface area contributed by atoms with Crippen LogP contribution >= 0.6 is 0 Å². The summed E-state index contributed by atoms with van der Waals surface area (Å²) in [6, 6.07) is 5.64. The number of hydrogen-bond acceptors (Lipinski definition) is 6. The van der Waals surface area contributed by atoms with Crippen molar-refractivity contribution in [2.45, 2.75) is 64.0 Å². The summed E-state index contributed by atoms with van der Waals surface area (Å²) in [5.41, 5.74) is 0.494. The Morgan fingerprint density at radius 1 is 1.06 bits per heavy atom. The maximum atomic E-state index is 13.7. The van der Waals surface area contributed by atoms with E-state index in [0.29, 0.717) is 29.0 Å². The lowest BCUT2D eigenvalue weighted by molar-refractivity contribution is -0.166. The third-order valence-electron chi connectivity index (χ3n) is 8.20.